The average molecular weight is 282 g/mol. The van der Waals surface area contributed by atoms with Gasteiger partial charge in [-0.2, -0.15) is 5.10 Å². The summed E-state index contributed by atoms with van der Waals surface area (Å²) in [6.45, 7) is 3.69. The minimum Gasteiger partial charge on any atom is -0.478 e. The van der Waals surface area contributed by atoms with Crippen LogP contribution in [0.5, 0.6) is 0 Å². The fourth-order valence-corrected chi connectivity index (χ4v) is 1.64. The van der Waals surface area contributed by atoms with Crippen LogP contribution in [0, 0.1) is 0 Å². The van der Waals surface area contributed by atoms with Gasteiger partial charge in [0.2, 0.25) is 0 Å². The summed E-state index contributed by atoms with van der Waals surface area (Å²) in [5.41, 5.74) is 1.82. The van der Waals surface area contributed by atoms with Crippen LogP contribution in [0.1, 0.15) is 16.1 Å². The molecule has 2 rings (SSSR count). The van der Waals surface area contributed by atoms with Crippen LogP contribution in [0.25, 0.3) is 0 Å². The van der Waals surface area contributed by atoms with Crippen molar-refractivity contribution in [1.29, 1.82) is 0 Å². The second kappa shape index (κ2) is 6.95. The lowest BCUT2D eigenvalue weighted by Gasteiger charge is -2.13. The number of hydrazone groups is 1. The summed E-state index contributed by atoms with van der Waals surface area (Å²) in [6, 6.07) is 8.20. The van der Waals surface area contributed by atoms with Crippen molar-refractivity contribution in [2.45, 2.75) is 6.42 Å². The van der Waals surface area contributed by atoms with Crippen LogP contribution in [-0.2, 0) is 6.42 Å². The molecule has 1 N–H and O–H groups in total. The molecule has 1 heterocycles. The first kappa shape index (κ1) is 14.4. The van der Waals surface area contributed by atoms with Crippen molar-refractivity contribution < 1.29 is 9.90 Å². The molecule has 0 atom stereocenters. The first-order chi connectivity index (χ1) is 10.2. The molecule has 0 spiro atoms. The highest BCUT2D eigenvalue weighted by atomic mass is 16.4. The molecule has 21 heavy (non-hydrogen) atoms. The molecule has 6 heteroatoms. The molecule has 106 valence electrons. The van der Waals surface area contributed by atoms with Crippen LogP contribution >= 0.6 is 0 Å². The van der Waals surface area contributed by atoms with Crippen molar-refractivity contribution in [2.24, 2.45) is 5.10 Å². The second-order valence-corrected chi connectivity index (χ2v) is 4.08. The molecular formula is C15H14N4O2. The van der Waals surface area contributed by atoms with E-state index in [0.717, 1.165) is 11.4 Å². The van der Waals surface area contributed by atoms with Crippen molar-refractivity contribution in [1.82, 2.24) is 9.97 Å². The molecule has 0 saturated carbocycles. The van der Waals surface area contributed by atoms with E-state index in [2.05, 4.69) is 21.6 Å². The SMILES string of the molecule is C=CN(/N=C\Cc1ccncn1)c1ccc(C(=O)O)cc1. The monoisotopic (exact) mass is 282 g/mol. The lowest BCUT2D eigenvalue weighted by molar-refractivity contribution is 0.0697. The molecule has 0 unspecified atom stereocenters. The van der Waals surface area contributed by atoms with E-state index in [1.54, 1.807) is 35.8 Å². The van der Waals surface area contributed by atoms with Gasteiger partial charge in [-0.05, 0) is 30.3 Å². The molecule has 1 aromatic heterocycles. The van der Waals surface area contributed by atoms with Crippen LogP contribution in [-0.4, -0.2) is 27.3 Å². The number of rotatable bonds is 6. The summed E-state index contributed by atoms with van der Waals surface area (Å²) < 4.78 is 0. The zero-order valence-corrected chi connectivity index (χ0v) is 11.3. The molecule has 6 nitrogen and oxygen atoms in total. The number of hydrogen-bond donors (Lipinski definition) is 1. The van der Waals surface area contributed by atoms with Crippen molar-refractivity contribution in [3.05, 3.63) is 66.9 Å². The summed E-state index contributed by atoms with van der Waals surface area (Å²) in [7, 11) is 0. The summed E-state index contributed by atoms with van der Waals surface area (Å²) in [5.74, 6) is -0.959. The highest BCUT2D eigenvalue weighted by molar-refractivity contribution is 5.88. The molecule has 0 aliphatic carbocycles. The molecule has 0 amide bonds. The van der Waals surface area contributed by atoms with Gasteiger partial charge in [-0.25, -0.2) is 19.8 Å². The number of benzene rings is 1. The normalized spacial score (nSPS) is 10.5. The number of hydrogen-bond acceptors (Lipinski definition) is 5. The Morgan fingerprint density at radius 3 is 2.67 bits per heavy atom. The lowest BCUT2D eigenvalue weighted by atomic mass is 10.2. The Kier molecular flexibility index (Phi) is 4.76. The van der Waals surface area contributed by atoms with Crippen LogP contribution in [0.3, 0.4) is 0 Å². The van der Waals surface area contributed by atoms with Gasteiger partial charge >= 0.3 is 5.97 Å². The Morgan fingerprint density at radius 1 is 1.33 bits per heavy atom. The summed E-state index contributed by atoms with van der Waals surface area (Å²) >= 11 is 0. The molecule has 0 saturated heterocycles. The van der Waals surface area contributed by atoms with E-state index in [4.69, 9.17) is 5.11 Å². The maximum Gasteiger partial charge on any atom is 0.335 e. The number of aromatic nitrogens is 2. The molecule has 0 aliphatic rings. The number of carboxylic acids is 1. The highest BCUT2D eigenvalue weighted by Crippen LogP contribution is 2.15. The van der Waals surface area contributed by atoms with E-state index in [1.165, 1.54) is 18.5 Å². The summed E-state index contributed by atoms with van der Waals surface area (Å²) in [4.78, 5) is 18.7. The Labute approximate surface area is 122 Å². The van der Waals surface area contributed by atoms with Crippen LogP contribution in [0.2, 0.25) is 0 Å². The van der Waals surface area contributed by atoms with Crippen molar-refractivity contribution in [3.8, 4) is 0 Å². The first-order valence-corrected chi connectivity index (χ1v) is 6.23. The maximum absolute atomic E-state index is 10.8. The molecule has 2 aromatic rings. The van der Waals surface area contributed by atoms with Crippen molar-refractivity contribution in [3.63, 3.8) is 0 Å². The van der Waals surface area contributed by atoms with Crippen molar-refractivity contribution >= 4 is 17.9 Å². The van der Waals surface area contributed by atoms with E-state index >= 15 is 0 Å². The third-order valence-electron chi connectivity index (χ3n) is 2.70. The molecule has 0 radical (unpaired) electrons. The standard InChI is InChI=1S/C15H14N4O2/c1-2-19(14-5-3-12(4-6-14)15(20)21)18-10-8-13-7-9-16-11-17-13/h2-7,9-11H,1,8H2,(H,20,21)/b18-10-. The predicted octanol–water partition coefficient (Wildman–Crippen LogP) is 2.35. The molecule has 0 aliphatic heterocycles. The van der Waals surface area contributed by atoms with E-state index < -0.39 is 5.97 Å². The van der Waals surface area contributed by atoms with Gasteiger partial charge in [0.15, 0.2) is 0 Å². The van der Waals surface area contributed by atoms with E-state index in [9.17, 15) is 4.79 Å². The number of carboxylic acid groups (broad SMARTS) is 1. The zero-order chi connectivity index (χ0) is 15.1. The molecular weight excluding hydrogens is 268 g/mol. The topological polar surface area (TPSA) is 78.7 Å². The van der Waals surface area contributed by atoms with Gasteiger partial charge in [0.25, 0.3) is 0 Å². The molecule has 0 bridgehead atoms. The van der Waals surface area contributed by atoms with Crippen molar-refractivity contribution in [2.75, 3.05) is 5.01 Å². The smallest absolute Gasteiger partial charge is 0.335 e. The first-order valence-electron chi connectivity index (χ1n) is 6.23. The number of anilines is 1. The lowest BCUT2D eigenvalue weighted by Crippen LogP contribution is -2.08. The van der Waals surface area contributed by atoms with E-state index in [0.29, 0.717) is 6.42 Å². The minimum atomic E-state index is -0.959. The predicted molar refractivity (Wildman–Crippen MR) is 80.3 cm³/mol. The number of aromatic carboxylic acids is 1. The number of nitrogens with zero attached hydrogens (tertiary/aromatic N) is 4. The van der Waals surface area contributed by atoms with Crippen LogP contribution in [0.4, 0.5) is 5.69 Å². The summed E-state index contributed by atoms with van der Waals surface area (Å²) in [5, 5.41) is 14.7. The Balaban J connectivity index is 2.05. The van der Waals surface area contributed by atoms with Crippen LogP contribution in [0.15, 0.2) is 60.7 Å². The van der Waals surface area contributed by atoms with Gasteiger partial charge < -0.3 is 5.11 Å². The molecule has 1 aromatic carbocycles. The third kappa shape index (κ3) is 3.97. The minimum absolute atomic E-state index is 0.229. The van der Waals surface area contributed by atoms with Gasteiger partial charge in [0.05, 0.1) is 11.3 Å². The highest BCUT2D eigenvalue weighted by Gasteiger charge is 2.04. The third-order valence-corrected chi connectivity index (χ3v) is 2.70. The van der Waals surface area contributed by atoms with E-state index in [1.807, 2.05) is 6.07 Å². The van der Waals surface area contributed by atoms with Crippen LogP contribution < -0.4 is 5.01 Å². The van der Waals surface area contributed by atoms with Gasteiger partial charge in [0.1, 0.15) is 6.33 Å². The van der Waals surface area contributed by atoms with Gasteiger partial charge in [0, 0.05) is 30.7 Å². The average Bonchev–Trinajstić information content (AvgIpc) is 2.53. The van der Waals surface area contributed by atoms with Gasteiger partial charge in [-0.1, -0.05) is 6.58 Å². The second-order valence-electron chi connectivity index (χ2n) is 4.08. The van der Waals surface area contributed by atoms with E-state index in [-0.39, 0.29) is 5.56 Å². The Bertz CT molecular complexity index is 638. The quantitative estimate of drug-likeness (QED) is 0.650. The fourth-order valence-electron chi connectivity index (χ4n) is 1.64. The number of carbonyl (C=O) groups is 1. The Hall–Kier alpha value is -3.02. The van der Waals surface area contributed by atoms with Gasteiger partial charge in [-0.15, -0.1) is 0 Å². The fraction of sp³-hybridized carbons (Fsp3) is 0.0667. The largest absolute Gasteiger partial charge is 0.478 e. The summed E-state index contributed by atoms with van der Waals surface area (Å²) in [6.07, 6.45) is 6.98. The zero-order valence-electron chi connectivity index (χ0n) is 11.3. The maximum atomic E-state index is 10.8. The molecule has 0 fully saturated rings. The van der Waals surface area contributed by atoms with Gasteiger partial charge in [-0.3, -0.25) is 0 Å². The Morgan fingerprint density at radius 2 is 2.10 bits per heavy atom.